The number of amides is 2. The molecule has 2 amide bonds. The van der Waals surface area contributed by atoms with Gasteiger partial charge in [-0.2, -0.15) is 10.1 Å². The highest BCUT2D eigenvalue weighted by Crippen LogP contribution is 2.38. The van der Waals surface area contributed by atoms with Crippen LogP contribution in [0.4, 0.5) is 0 Å². The van der Waals surface area contributed by atoms with Crippen LogP contribution in [0.3, 0.4) is 0 Å². The van der Waals surface area contributed by atoms with Crippen LogP contribution in [0.2, 0.25) is 0 Å². The summed E-state index contributed by atoms with van der Waals surface area (Å²) in [6, 6.07) is 26.5. The first-order valence-electron chi connectivity index (χ1n) is 11.6. The van der Waals surface area contributed by atoms with Crippen molar-refractivity contribution in [2.75, 3.05) is 7.11 Å². The number of benzene rings is 4. The standard InChI is InChI=1S/C30H23BrN2O4/c1-19-25(30(35)33(32-19)29(34)22-10-4-3-5-11-22)15-20-16-26(31)28(27(17-20)36-2)37-18-23-13-8-12-21-9-6-7-14-24(21)23/h3-17H,18H2,1-2H3/b25-15+. The number of methoxy groups -OCH3 is 1. The van der Waals surface area contributed by atoms with E-state index in [-0.39, 0.29) is 0 Å². The van der Waals surface area contributed by atoms with Gasteiger partial charge in [-0.05, 0) is 75.1 Å². The number of ether oxygens (including phenoxy) is 2. The quantitative estimate of drug-likeness (QED) is 0.198. The molecule has 0 spiro atoms. The van der Waals surface area contributed by atoms with E-state index in [1.54, 1.807) is 50.4 Å². The maximum absolute atomic E-state index is 13.1. The fraction of sp³-hybridized carbons (Fsp3) is 0.100. The number of hydrogen-bond donors (Lipinski definition) is 0. The van der Waals surface area contributed by atoms with Gasteiger partial charge < -0.3 is 9.47 Å². The average molecular weight is 555 g/mol. The molecule has 0 bridgehead atoms. The van der Waals surface area contributed by atoms with E-state index in [9.17, 15) is 9.59 Å². The van der Waals surface area contributed by atoms with Crippen molar-refractivity contribution in [2.24, 2.45) is 5.10 Å². The topological polar surface area (TPSA) is 68.2 Å². The molecule has 0 aliphatic carbocycles. The SMILES string of the molecule is COc1cc(/C=C2/C(=O)N(C(=O)c3ccccc3)N=C2C)cc(Br)c1OCc1cccc2ccccc12. The Labute approximate surface area is 222 Å². The second kappa shape index (κ2) is 10.4. The molecule has 0 unspecified atom stereocenters. The monoisotopic (exact) mass is 554 g/mol. The zero-order valence-electron chi connectivity index (χ0n) is 20.3. The summed E-state index contributed by atoms with van der Waals surface area (Å²) < 4.78 is 12.5. The summed E-state index contributed by atoms with van der Waals surface area (Å²) in [4.78, 5) is 25.9. The lowest BCUT2D eigenvalue weighted by atomic mass is 10.1. The molecule has 37 heavy (non-hydrogen) atoms. The number of carbonyl (C=O) groups is 2. The highest BCUT2D eigenvalue weighted by molar-refractivity contribution is 9.10. The number of rotatable bonds is 6. The van der Waals surface area contributed by atoms with Gasteiger partial charge in [0.05, 0.1) is 22.9 Å². The number of nitrogens with zero attached hydrogens (tertiary/aromatic N) is 2. The van der Waals surface area contributed by atoms with E-state index in [2.05, 4.69) is 39.2 Å². The van der Waals surface area contributed by atoms with Gasteiger partial charge >= 0.3 is 0 Å². The van der Waals surface area contributed by atoms with Gasteiger partial charge in [-0.15, -0.1) is 0 Å². The van der Waals surface area contributed by atoms with Gasteiger partial charge in [0.25, 0.3) is 11.8 Å². The first-order valence-corrected chi connectivity index (χ1v) is 12.4. The smallest absolute Gasteiger partial charge is 0.283 e. The van der Waals surface area contributed by atoms with Crippen molar-refractivity contribution in [2.45, 2.75) is 13.5 Å². The Hall–Kier alpha value is -4.23. The summed E-state index contributed by atoms with van der Waals surface area (Å²) in [7, 11) is 1.57. The average Bonchev–Trinajstić information content (AvgIpc) is 3.20. The molecule has 0 radical (unpaired) electrons. The zero-order valence-corrected chi connectivity index (χ0v) is 21.9. The Balaban J connectivity index is 1.40. The molecule has 6 nitrogen and oxygen atoms in total. The molecule has 0 N–H and O–H groups in total. The maximum atomic E-state index is 13.1. The normalized spacial score (nSPS) is 14.2. The van der Waals surface area contributed by atoms with Crippen LogP contribution in [0.1, 0.15) is 28.4 Å². The predicted molar refractivity (Wildman–Crippen MR) is 148 cm³/mol. The summed E-state index contributed by atoms with van der Waals surface area (Å²) >= 11 is 3.59. The van der Waals surface area contributed by atoms with Gasteiger partial charge in [-0.25, -0.2) is 0 Å². The van der Waals surface area contributed by atoms with E-state index in [0.717, 1.165) is 21.3 Å². The molecule has 0 fully saturated rings. The van der Waals surface area contributed by atoms with Crippen LogP contribution in [0, 0.1) is 0 Å². The molecule has 1 aliphatic rings. The minimum atomic E-state index is -0.474. The summed E-state index contributed by atoms with van der Waals surface area (Å²) in [6.07, 6.45) is 1.70. The van der Waals surface area contributed by atoms with E-state index in [1.807, 2.05) is 36.4 Å². The third-order valence-corrected chi connectivity index (χ3v) is 6.68. The van der Waals surface area contributed by atoms with Crippen molar-refractivity contribution in [1.82, 2.24) is 5.01 Å². The zero-order chi connectivity index (χ0) is 25.9. The van der Waals surface area contributed by atoms with Gasteiger partial charge in [0.15, 0.2) is 11.5 Å². The minimum Gasteiger partial charge on any atom is -0.493 e. The van der Waals surface area contributed by atoms with Crippen molar-refractivity contribution in [1.29, 1.82) is 0 Å². The Kier molecular flexibility index (Phi) is 6.88. The van der Waals surface area contributed by atoms with Crippen molar-refractivity contribution in [3.8, 4) is 11.5 Å². The molecule has 4 aromatic rings. The van der Waals surface area contributed by atoms with E-state index >= 15 is 0 Å². The highest BCUT2D eigenvalue weighted by Gasteiger charge is 2.33. The molecular formula is C30H23BrN2O4. The highest BCUT2D eigenvalue weighted by atomic mass is 79.9. The lowest BCUT2D eigenvalue weighted by Gasteiger charge is -2.15. The lowest BCUT2D eigenvalue weighted by molar-refractivity contribution is -0.123. The molecule has 7 heteroatoms. The third-order valence-electron chi connectivity index (χ3n) is 6.09. The first-order chi connectivity index (χ1) is 18.0. The summed E-state index contributed by atoms with van der Waals surface area (Å²) in [5.41, 5.74) is 2.95. The number of carbonyl (C=O) groups excluding carboxylic acids is 2. The Morgan fingerprint density at radius 2 is 1.73 bits per heavy atom. The Morgan fingerprint density at radius 1 is 1.00 bits per heavy atom. The molecule has 0 saturated heterocycles. The summed E-state index contributed by atoms with van der Waals surface area (Å²) in [5, 5.41) is 7.39. The van der Waals surface area contributed by atoms with Crippen molar-refractivity contribution in [3.63, 3.8) is 0 Å². The van der Waals surface area contributed by atoms with E-state index in [4.69, 9.17) is 9.47 Å². The molecule has 4 aromatic carbocycles. The number of fused-ring (bicyclic) bond motifs is 1. The summed E-state index contributed by atoms with van der Waals surface area (Å²) in [6.45, 7) is 2.06. The van der Waals surface area contributed by atoms with Crippen LogP contribution in [-0.2, 0) is 11.4 Å². The van der Waals surface area contributed by atoms with E-state index < -0.39 is 11.8 Å². The lowest BCUT2D eigenvalue weighted by Crippen LogP contribution is -2.29. The molecule has 1 aliphatic heterocycles. The Morgan fingerprint density at radius 3 is 2.51 bits per heavy atom. The van der Waals surface area contributed by atoms with E-state index in [1.165, 1.54) is 0 Å². The number of hydrogen-bond acceptors (Lipinski definition) is 5. The number of halogens is 1. The fourth-order valence-corrected chi connectivity index (χ4v) is 4.80. The van der Waals surface area contributed by atoms with Crippen LogP contribution in [0.25, 0.3) is 16.8 Å². The van der Waals surface area contributed by atoms with Crippen LogP contribution in [0.15, 0.2) is 100 Å². The molecule has 0 atom stereocenters. The van der Waals surface area contributed by atoms with Crippen molar-refractivity contribution >= 4 is 50.3 Å². The molecule has 1 heterocycles. The number of hydrazone groups is 1. The van der Waals surface area contributed by atoms with Crippen LogP contribution in [-0.4, -0.2) is 29.6 Å². The largest absolute Gasteiger partial charge is 0.493 e. The van der Waals surface area contributed by atoms with Crippen molar-refractivity contribution in [3.05, 3.63) is 112 Å². The minimum absolute atomic E-state index is 0.336. The first kappa shape index (κ1) is 24.5. The van der Waals surface area contributed by atoms with Gasteiger partial charge in [0.1, 0.15) is 6.61 Å². The number of imide groups is 1. The summed E-state index contributed by atoms with van der Waals surface area (Å²) in [5.74, 6) is 0.127. The van der Waals surface area contributed by atoms with E-state index in [0.29, 0.717) is 45.0 Å². The van der Waals surface area contributed by atoms with Gasteiger partial charge in [-0.3, -0.25) is 9.59 Å². The second-order valence-corrected chi connectivity index (χ2v) is 9.35. The van der Waals surface area contributed by atoms with Gasteiger partial charge in [-0.1, -0.05) is 60.7 Å². The molecular weight excluding hydrogens is 532 g/mol. The van der Waals surface area contributed by atoms with Crippen LogP contribution in [0.5, 0.6) is 11.5 Å². The predicted octanol–water partition coefficient (Wildman–Crippen LogP) is 6.63. The maximum Gasteiger partial charge on any atom is 0.283 e. The van der Waals surface area contributed by atoms with Crippen LogP contribution < -0.4 is 9.47 Å². The molecule has 184 valence electrons. The fourth-order valence-electron chi connectivity index (χ4n) is 4.22. The van der Waals surface area contributed by atoms with Gasteiger partial charge in [0.2, 0.25) is 0 Å². The molecule has 5 rings (SSSR count). The van der Waals surface area contributed by atoms with Gasteiger partial charge in [0, 0.05) is 5.56 Å². The Bertz CT molecular complexity index is 1570. The molecule has 0 saturated carbocycles. The second-order valence-electron chi connectivity index (χ2n) is 8.49. The van der Waals surface area contributed by atoms with Crippen molar-refractivity contribution < 1.29 is 19.1 Å². The third kappa shape index (κ3) is 4.90. The molecule has 0 aromatic heterocycles. The van der Waals surface area contributed by atoms with Crippen LogP contribution >= 0.6 is 15.9 Å².